The smallest absolute Gasteiger partial charge is 0.0314 e. The van der Waals surface area contributed by atoms with Gasteiger partial charge in [0.05, 0.1) is 0 Å². The van der Waals surface area contributed by atoms with Gasteiger partial charge in [-0.05, 0) is 30.8 Å². The molecule has 1 aromatic carbocycles. The second-order valence-corrected chi connectivity index (χ2v) is 4.97. The van der Waals surface area contributed by atoms with Crippen molar-refractivity contribution in [1.29, 1.82) is 0 Å². The summed E-state index contributed by atoms with van der Waals surface area (Å²) >= 11 is 0. The molecule has 0 aromatic heterocycles. The van der Waals surface area contributed by atoms with Crippen molar-refractivity contribution in [1.82, 2.24) is 4.90 Å². The highest BCUT2D eigenvalue weighted by atomic mass is 15.1. The second kappa shape index (κ2) is 5.35. The zero-order valence-corrected chi connectivity index (χ0v) is 11.0. The normalized spacial score (nSPS) is 12.1. The minimum absolute atomic E-state index is 0.180. The summed E-state index contributed by atoms with van der Waals surface area (Å²) in [6, 6.07) is 8.25. The van der Waals surface area contributed by atoms with Crippen LogP contribution in [0.15, 0.2) is 24.3 Å². The first-order valence-corrected chi connectivity index (χ1v) is 6.08. The maximum absolute atomic E-state index is 5.71. The molecule has 2 N–H and O–H groups in total. The standard InChI is InChI=1S/C14H24N2/c1-5-16(6-2)11-14(3,4)12-7-9-13(15)10-8-12/h7-10H,5-6,11,15H2,1-4H3. The molecule has 90 valence electrons. The molecule has 0 atom stereocenters. The van der Waals surface area contributed by atoms with Gasteiger partial charge in [-0.2, -0.15) is 0 Å². The van der Waals surface area contributed by atoms with Crippen LogP contribution in [-0.4, -0.2) is 24.5 Å². The van der Waals surface area contributed by atoms with E-state index >= 15 is 0 Å². The Morgan fingerprint density at radius 1 is 1.06 bits per heavy atom. The van der Waals surface area contributed by atoms with E-state index in [4.69, 9.17) is 5.73 Å². The molecule has 0 spiro atoms. The predicted octanol–water partition coefficient (Wildman–Crippen LogP) is 2.89. The van der Waals surface area contributed by atoms with Crippen LogP contribution in [-0.2, 0) is 5.41 Å². The van der Waals surface area contributed by atoms with Crippen molar-refractivity contribution in [3.05, 3.63) is 29.8 Å². The Kier molecular flexibility index (Phi) is 4.36. The van der Waals surface area contributed by atoms with E-state index < -0.39 is 0 Å². The van der Waals surface area contributed by atoms with Crippen LogP contribution in [0.4, 0.5) is 5.69 Å². The van der Waals surface area contributed by atoms with E-state index in [1.165, 1.54) is 5.56 Å². The molecule has 0 radical (unpaired) electrons. The molecule has 1 rings (SSSR count). The molecule has 2 heteroatoms. The van der Waals surface area contributed by atoms with Crippen LogP contribution in [0.3, 0.4) is 0 Å². The molecule has 1 aromatic rings. The van der Waals surface area contributed by atoms with Gasteiger partial charge in [-0.1, -0.05) is 39.8 Å². The number of rotatable bonds is 5. The van der Waals surface area contributed by atoms with Crippen molar-refractivity contribution in [3.63, 3.8) is 0 Å². The Hall–Kier alpha value is -1.02. The first-order valence-electron chi connectivity index (χ1n) is 6.08. The van der Waals surface area contributed by atoms with E-state index in [1.807, 2.05) is 12.1 Å². The second-order valence-electron chi connectivity index (χ2n) is 4.97. The summed E-state index contributed by atoms with van der Waals surface area (Å²) in [5, 5.41) is 0. The average molecular weight is 220 g/mol. The molecule has 0 bridgehead atoms. The van der Waals surface area contributed by atoms with Crippen molar-refractivity contribution < 1.29 is 0 Å². The topological polar surface area (TPSA) is 29.3 Å². The summed E-state index contributed by atoms with van der Waals surface area (Å²) in [6.45, 7) is 12.3. The Bertz CT molecular complexity index is 310. The highest BCUT2D eigenvalue weighted by Crippen LogP contribution is 2.25. The van der Waals surface area contributed by atoms with Gasteiger partial charge in [-0.15, -0.1) is 0 Å². The zero-order chi connectivity index (χ0) is 12.2. The van der Waals surface area contributed by atoms with Gasteiger partial charge < -0.3 is 10.6 Å². The van der Waals surface area contributed by atoms with Crippen molar-refractivity contribution in [3.8, 4) is 0 Å². The molecule has 0 aliphatic carbocycles. The Morgan fingerprint density at radius 2 is 1.56 bits per heavy atom. The molecule has 0 aliphatic rings. The van der Waals surface area contributed by atoms with E-state index in [1.54, 1.807) is 0 Å². The summed E-state index contributed by atoms with van der Waals surface area (Å²) in [5.41, 5.74) is 8.08. The number of nitrogen functional groups attached to an aromatic ring is 1. The molecule has 16 heavy (non-hydrogen) atoms. The van der Waals surface area contributed by atoms with Crippen LogP contribution in [0.2, 0.25) is 0 Å². The van der Waals surface area contributed by atoms with E-state index in [0.717, 1.165) is 25.3 Å². The van der Waals surface area contributed by atoms with Crippen molar-refractivity contribution in [2.24, 2.45) is 0 Å². The summed E-state index contributed by atoms with van der Waals surface area (Å²) in [5.74, 6) is 0. The fraction of sp³-hybridized carbons (Fsp3) is 0.571. The minimum atomic E-state index is 0.180. The molecule has 0 fully saturated rings. The predicted molar refractivity (Wildman–Crippen MR) is 71.7 cm³/mol. The van der Waals surface area contributed by atoms with Crippen molar-refractivity contribution in [2.45, 2.75) is 33.1 Å². The van der Waals surface area contributed by atoms with E-state index in [2.05, 4.69) is 44.7 Å². The van der Waals surface area contributed by atoms with E-state index in [9.17, 15) is 0 Å². The highest BCUT2D eigenvalue weighted by molar-refractivity contribution is 5.41. The maximum Gasteiger partial charge on any atom is 0.0314 e. The average Bonchev–Trinajstić information content (AvgIpc) is 2.26. The molecule has 0 amide bonds. The molecular formula is C14H24N2. The lowest BCUT2D eigenvalue weighted by Crippen LogP contribution is -2.36. The number of nitrogens with zero attached hydrogens (tertiary/aromatic N) is 1. The van der Waals surface area contributed by atoms with Gasteiger partial charge in [0.25, 0.3) is 0 Å². The lowest BCUT2D eigenvalue weighted by Gasteiger charge is -2.32. The first-order chi connectivity index (χ1) is 7.49. The Labute approximate surface area is 99.5 Å². The highest BCUT2D eigenvalue weighted by Gasteiger charge is 2.22. The fourth-order valence-electron chi connectivity index (χ4n) is 2.03. The SMILES string of the molecule is CCN(CC)CC(C)(C)c1ccc(N)cc1. The molecule has 0 saturated heterocycles. The van der Waals surface area contributed by atoms with Gasteiger partial charge in [0.15, 0.2) is 0 Å². The molecule has 0 unspecified atom stereocenters. The summed E-state index contributed by atoms with van der Waals surface area (Å²) in [4.78, 5) is 2.45. The van der Waals surface area contributed by atoms with Crippen LogP contribution in [0.25, 0.3) is 0 Å². The van der Waals surface area contributed by atoms with Crippen LogP contribution >= 0.6 is 0 Å². The van der Waals surface area contributed by atoms with Crippen LogP contribution < -0.4 is 5.73 Å². The molecule has 2 nitrogen and oxygen atoms in total. The van der Waals surface area contributed by atoms with Gasteiger partial charge in [0, 0.05) is 17.6 Å². The summed E-state index contributed by atoms with van der Waals surface area (Å²) in [7, 11) is 0. The third-order valence-electron chi connectivity index (χ3n) is 3.21. The largest absolute Gasteiger partial charge is 0.399 e. The zero-order valence-electron chi connectivity index (χ0n) is 11.0. The Balaban J connectivity index is 2.80. The summed E-state index contributed by atoms with van der Waals surface area (Å²) < 4.78 is 0. The number of likely N-dealkylation sites (N-methyl/N-ethyl adjacent to an activating group) is 1. The van der Waals surface area contributed by atoms with Crippen molar-refractivity contribution >= 4 is 5.69 Å². The lowest BCUT2D eigenvalue weighted by molar-refractivity contribution is 0.245. The van der Waals surface area contributed by atoms with Gasteiger partial charge >= 0.3 is 0 Å². The van der Waals surface area contributed by atoms with Crippen LogP contribution in [0.1, 0.15) is 33.3 Å². The minimum Gasteiger partial charge on any atom is -0.399 e. The summed E-state index contributed by atoms with van der Waals surface area (Å²) in [6.07, 6.45) is 0. The molecule has 0 aliphatic heterocycles. The quantitative estimate of drug-likeness (QED) is 0.773. The lowest BCUT2D eigenvalue weighted by atomic mass is 9.84. The molecular weight excluding hydrogens is 196 g/mol. The fourth-order valence-corrected chi connectivity index (χ4v) is 2.03. The van der Waals surface area contributed by atoms with E-state index in [-0.39, 0.29) is 5.41 Å². The van der Waals surface area contributed by atoms with Crippen LogP contribution in [0.5, 0.6) is 0 Å². The number of nitrogens with two attached hydrogens (primary N) is 1. The maximum atomic E-state index is 5.71. The van der Waals surface area contributed by atoms with Crippen molar-refractivity contribution in [2.75, 3.05) is 25.4 Å². The number of benzene rings is 1. The monoisotopic (exact) mass is 220 g/mol. The van der Waals surface area contributed by atoms with Gasteiger partial charge in [-0.3, -0.25) is 0 Å². The van der Waals surface area contributed by atoms with Gasteiger partial charge in [-0.25, -0.2) is 0 Å². The third-order valence-corrected chi connectivity index (χ3v) is 3.21. The van der Waals surface area contributed by atoms with Gasteiger partial charge in [0.2, 0.25) is 0 Å². The molecule has 0 saturated carbocycles. The number of hydrogen-bond donors (Lipinski definition) is 1. The van der Waals surface area contributed by atoms with Gasteiger partial charge in [0.1, 0.15) is 0 Å². The molecule has 0 heterocycles. The third kappa shape index (κ3) is 3.24. The van der Waals surface area contributed by atoms with Crippen LogP contribution in [0, 0.1) is 0 Å². The van der Waals surface area contributed by atoms with E-state index in [0.29, 0.717) is 0 Å². The first kappa shape index (κ1) is 13.0. The Morgan fingerprint density at radius 3 is 2.00 bits per heavy atom. The number of hydrogen-bond acceptors (Lipinski definition) is 2. The number of anilines is 1.